The van der Waals surface area contributed by atoms with E-state index in [1.54, 1.807) is 41.5 Å². The maximum Gasteiger partial charge on any atom is 0.310 e. The van der Waals surface area contributed by atoms with E-state index in [0.717, 1.165) is 0 Å². The number of carboxylic acids is 1. The topological polar surface area (TPSA) is 86.6 Å². The van der Waals surface area contributed by atoms with E-state index in [1.807, 2.05) is 0 Å². The number of aliphatic carboxylic acids is 1. The van der Waals surface area contributed by atoms with Crippen LogP contribution in [0.4, 0.5) is 0 Å². The molecule has 0 spiro atoms. The van der Waals surface area contributed by atoms with E-state index in [9.17, 15) is 19.8 Å². The molecule has 0 aliphatic rings. The fourth-order valence-corrected chi connectivity index (χ4v) is 1.37. The molecular weight excluding hydrogens is 234 g/mol. The third-order valence-corrected chi connectivity index (χ3v) is 3.80. The Bertz CT molecular complexity index is 323. The summed E-state index contributed by atoms with van der Waals surface area (Å²) in [6, 6.07) is 0. The van der Waals surface area contributed by atoms with Crippen LogP contribution in [0.2, 0.25) is 0 Å². The molecule has 2 unspecified atom stereocenters. The number of aliphatic hydroxyl groups excluding tert-OH is 1. The molecule has 0 saturated heterocycles. The van der Waals surface area contributed by atoms with Crippen molar-refractivity contribution in [2.75, 3.05) is 0 Å². The molecule has 0 heterocycles. The molecule has 0 radical (unpaired) electrons. The van der Waals surface area contributed by atoms with Crippen molar-refractivity contribution in [3.8, 4) is 0 Å². The Morgan fingerprint density at radius 3 is 1.89 bits per heavy atom. The van der Waals surface area contributed by atoms with Crippen molar-refractivity contribution < 1.29 is 19.8 Å². The lowest BCUT2D eigenvalue weighted by atomic mass is 9.76. The molecule has 18 heavy (non-hydrogen) atoms. The average Bonchev–Trinajstić information content (AvgIpc) is 2.15. The van der Waals surface area contributed by atoms with Gasteiger partial charge in [0.25, 0.3) is 0 Å². The van der Waals surface area contributed by atoms with Crippen molar-refractivity contribution in [1.29, 1.82) is 0 Å². The predicted octanol–water partition coefficient (Wildman–Crippen LogP) is 1.40. The summed E-state index contributed by atoms with van der Waals surface area (Å²) in [5.74, 6) is -1.50. The summed E-state index contributed by atoms with van der Waals surface area (Å²) in [5, 5.41) is 21.4. The number of nitrogens with one attached hydrogen (secondary N) is 1. The number of carbonyl (C=O) groups excluding carboxylic acids is 1. The third-order valence-electron chi connectivity index (χ3n) is 3.80. The molecule has 2 atom stereocenters. The molecule has 0 aromatic rings. The van der Waals surface area contributed by atoms with Crippen LogP contribution in [0.1, 0.15) is 48.0 Å². The van der Waals surface area contributed by atoms with Crippen LogP contribution in [0.3, 0.4) is 0 Å². The highest BCUT2D eigenvalue weighted by molar-refractivity contribution is 5.85. The maximum atomic E-state index is 11.9. The standard InChI is InChI=1S/C13H25NO4/c1-8(2)13(6,11(17)18)7-10(16)14-12(4,5)9(3)15/h8-9,15H,7H2,1-6H3,(H,14,16)(H,17,18). The quantitative estimate of drug-likeness (QED) is 0.673. The highest BCUT2D eigenvalue weighted by atomic mass is 16.4. The molecule has 5 nitrogen and oxygen atoms in total. The van der Waals surface area contributed by atoms with Crippen LogP contribution in [0.15, 0.2) is 0 Å². The van der Waals surface area contributed by atoms with E-state index in [-0.39, 0.29) is 18.2 Å². The second-order valence-electron chi connectivity index (χ2n) is 6.00. The Hall–Kier alpha value is -1.10. The summed E-state index contributed by atoms with van der Waals surface area (Å²) >= 11 is 0. The first-order valence-corrected chi connectivity index (χ1v) is 6.16. The number of carbonyl (C=O) groups is 2. The van der Waals surface area contributed by atoms with Crippen LogP contribution >= 0.6 is 0 Å². The van der Waals surface area contributed by atoms with Gasteiger partial charge in [-0.25, -0.2) is 0 Å². The smallest absolute Gasteiger partial charge is 0.310 e. The number of hydrogen-bond acceptors (Lipinski definition) is 3. The maximum absolute atomic E-state index is 11.9. The zero-order valence-electron chi connectivity index (χ0n) is 12.1. The van der Waals surface area contributed by atoms with E-state index in [4.69, 9.17) is 0 Å². The van der Waals surface area contributed by atoms with Gasteiger partial charge in [0.2, 0.25) is 5.91 Å². The van der Waals surface area contributed by atoms with E-state index in [2.05, 4.69) is 5.32 Å². The van der Waals surface area contributed by atoms with Gasteiger partial charge in [0, 0.05) is 6.42 Å². The molecule has 5 heteroatoms. The van der Waals surface area contributed by atoms with Gasteiger partial charge in [0.15, 0.2) is 0 Å². The number of hydrogen-bond donors (Lipinski definition) is 3. The van der Waals surface area contributed by atoms with E-state index in [0.29, 0.717) is 0 Å². The fraction of sp³-hybridized carbons (Fsp3) is 0.846. The summed E-state index contributed by atoms with van der Waals surface area (Å²) in [4.78, 5) is 23.2. The van der Waals surface area contributed by atoms with Gasteiger partial charge in [0.05, 0.1) is 17.1 Å². The SMILES string of the molecule is CC(O)C(C)(C)NC(=O)CC(C)(C(=O)O)C(C)C. The fourth-order valence-electron chi connectivity index (χ4n) is 1.37. The summed E-state index contributed by atoms with van der Waals surface area (Å²) in [6.45, 7) is 10.1. The number of aliphatic hydroxyl groups is 1. The molecule has 1 amide bonds. The van der Waals surface area contributed by atoms with Crippen molar-refractivity contribution >= 4 is 11.9 Å². The molecule has 0 aliphatic heterocycles. The zero-order chi connectivity index (χ0) is 14.7. The summed E-state index contributed by atoms with van der Waals surface area (Å²) < 4.78 is 0. The van der Waals surface area contributed by atoms with E-state index in [1.165, 1.54) is 0 Å². The number of amides is 1. The van der Waals surface area contributed by atoms with Gasteiger partial charge in [-0.2, -0.15) is 0 Å². The summed E-state index contributed by atoms with van der Waals surface area (Å²) in [5.41, 5.74) is -1.87. The molecule has 0 fully saturated rings. The lowest BCUT2D eigenvalue weighted by molar-refractivity contribution is -0.154. The molecule has 0 rings (SSSR count). The van der Waals surface area contributed by atoms with Crippen molar-refractivity contribution in [3.05, 3.63) is 0 Å². The minimum atomic E-state index is -1.10. The van der Waals surface area contributed by atoms with E-state index >= 15 is 0 Å². The van der Waals surface area contributed by atoms with Gasteiger partial charge in [-0.3, -0.25) is 9.59 Å². The molecule has 0 aromatic carbocycles. The second-order valence-corrected chi connectivity index (χ2v) is 6.00. The van der Waals surface area contributed by atoms with Crippen molar-refractivity contribution in [2.45, 2.75) is 59.6 Å². The van der Waals surface area contributed by atoms with Crippen LogP contribution in [0, 0.1) is 11.3 Å². The summed E-state index contributed by atoms with van der Waals surface area (Å²) in [6.07, 6.45) is -0.813. The molecule has 106 valence electrons. The van der Waals surface area contributed by atoms with Crippen LogP contribution in [-0.2, 0) is 9.59 Å². The van der Waals surface area contributed by atoms with Gasteiger partial charge in [-0.1, -0.05) is 13.8 Å². The zero-order valence-corrected chi connectivity index (χ0v) is 12.1. The Morgan fingerprint density at radius 2 is 1.61 bits per heavy atom. The molecule has 0 bridgehead atoms. The van der Waals surface area contributed by atoms with Gasteiger partial charge < -0.3 is 15.5 Å². The van der Waals surface area contributed by atoms with Gasteiger partial charge in [0.1, 0.15) is 0 Å². The van der Waals surface area contributed by atoms with Gasteiger partial charge in [-0.15, -0.1) is 0 Å². The Morgan fingerprint density at radius 1 is 1.17 bits per heavy atom. The second kappa shape index (κ2) is 5.69. The average molecular weight is 259 g/mol. The highest BCUT2D eigenvalue weighted by Gasteiger charge is 2.40. The lowest BCUT2D eigenvalue weighted by Gasteiger charge is -2.33. The number of carboxylic acid groups (broad SMARTS) is 1. The Kier molecular flexibility index (Phi) is 5.35. The highest BCUT2D eigenvalue weighted by Crippen LogP contribution is 2.31. The van der Waals surface area contributed by atoms with Crippen molar-refractivity contribution in [3.63, 3.8) is 0 Å². The minimum Gasteiger partial charge on any atom is -0.481 e. The third kappa shape index (κ3) is 3.98. The largest absolute Gasteiger partial charge is 0.481 e. The first kappa shape index (κ1) is 16.9. The number of rotatable bonds is 6. The molecular formula is C13H25NO4. The van der Waals surface area contributed by atoms with Crippen molar-refractivity contribution in [2.24, 2.45) is 11.3 Å². The summed E-state index contributed by atoms with van der Waals surface area (Å²) in [7, 11) is 0. The monoisotopic (exact) mass is 259 g/mol. The van der Waals surface area contributed by atoms with Gasteiger partial charge >= 0.3 is 5.97 Å². The first-order chi connectivity index (χ1) is 7.93. The predicted molar refractivity (Wildman–Crippen MR) is 69.1 cm³/mol. The van der Waals surface area contributed by atoms with Crippen LogP contribution < -0.4 is 5.32 Å². The molecule has 0 saturated carbocycles. The van der Waals surface area contributed by atoms with Crippen molar-refractivity contribution in [1.82, 2.24) is 5.32 Å². The Balaban J connectivity index is 4.80. The Labute approximate surface area is 109 Å². The molecule has 0 aromatic heterocycles. The van der Waals surface area contributed by atoms with Gasteiger partial charge in [-0.05, 0) is 33.6 Å². The first-order valence-electron chi connectivity index (χ1n) is 6.16. The lowest BCUT2D eigenvalue weighted by Crippen LogP contribution is -2.52. The van der Waals surface area contributed by atoms with Crippen LogP contribution in [-0.4, -0.2) is 33.7 Å². The van der Waals surface area contributed by atoms with E-state index < -0.39 is 23.0 Å². The normalized spacial score (nSPS) is 17.1. The molecule has 3 N–H and O–H groups in total. The van der Waals surface area contributed by atoms with Crippen LogP contribution in [0.25, 0.3) is 0 Å². The molecule has 0 aliphatic carbocycles. The minimum absolute atomic E-state index is 0.101. The van der Waals surface area contributed by atoms with Crippen LogP contribution in [0.5, 0.6) is 0 Å².